The van der Waals surface area contributed by atoms with Gasteiger partial charge in [-0.1, -0.05) is 50.0 Å². The molecule has 0 radical (unpaired) electrons. The fraction of sp³-hybridized carbons (Fsp3) is 0.556. The Labute approximate surface area is 142 Å². The molecule has 2 aliphatic rings. The third-order valence-corrected chi connectivity index (χ3v) is 5.20. The van der Waals surface area contributed by atoms with Crippen molar-refractivity contribution in [3.8, 4) is 0 Å². The zero-order chi connectivity index (χ0) is 16.3. The molecule has 5 heteroatoms. The molecule has 1 heterocycles. The van der Waals surface area contributed by atoms with E-state index in [-0.39, 0.29) is 0 Å². The quantitative estimate of drug-likeness (QED) is 0.813. The van der Waals surface area contributed by atoms with E-state index in [1.54, 1.807) is 0 Å². The van der Waals surface area contributed by atoms with Crippen molar-refractivity contribution in [3.63, 3.8) is 0 Å². The number of benzene rings is 1. The highest BCUT2D eigenvalue weighted by molar-refractivity contribution is 7.97. The van der Waals surface area contributed by atoms with Gasteiger partial charge in [-0.15, -0.1) is 0 Å². The monoisotopic (exact) mass is 331 g/mol. The summed E-state index contributed by atoms with van der Waals surface area (Å²) in [5, 5.41) is 9.35. The Kier molecular flexibility index (Phi) is 5.07. The van der Waals surface area contributed by atoms with Crippen LogP contribution in [0.5, 0.6) is 0 Å². The molecule has 4 nitrogen and oxygen atoms in total. The minimum Gasteiger partial charge on any atom is -0.339 e. The summed E-state index contributed by atoms with van der Waals surface area (Å²) in [5.41, 5.74) is 0.400. The molecule has 2 N–H and O–H groups in total. The van der Waals surface area contributed by atoms with Crippen molar-refractivity contribution in [2.24, 2.45) is 16.5 Å². The number of nitrogens with two attached hydrogens (primary N) is 1. The number of aryl methyl sites for hydroxylation is 1. The van der Waals surface area contributed by atoms with Crippen molar-refractivity contribution in [3.05, 3.63) is 42.0 Å². The summed E-state index contributed by atoms with van der Waals surface area (Å²) >= 11 is 1.27. The molecule has 1 aromatic heterocycles. The van der Waals surface area contributed by atoms with Crippen molar-refractivity contribution >= 4 is 11.9 Å². The normalized spacial score (nSPS) is 21.4. The van der Waals surface area contributed by atoms with Crippen LogP contribution < -0.4 is 5.14 Å². The van der Waals surface area contributed by atoms with E-state index >= 15 is 0 Å². The lowest BCUT2D eigenvalue weighted by Crippen LogP contribution is -1.93. The van der Waals surface area contributed by atoms with E-state index < -0.39 is 0 Å². The van der Waals surface area contributed by atoms with E-state index in [1.807, 2.05) is 30.3 Å². The van der Waals surface area contributed by atoms with Crippen LogP contribution in [-0.4, -0.2) is 10.1 Å². The van der Waals surface area contributed by atoms with Crippen LogP contribution in [-0.2, 0) is 6.42 Å². The van der Waals surface area contributed by atoms with Crippen molar-refractivity contribution in [2.45, 2.75) is 56.8 Å². The Balaban J connectivity index is 0.000000166. The molecule has 0 amide bonds. The third-order valence-electron chi connectivity index (χ3n) is 4.65. The van der Waals surface area contributed by atoms with Crippen molar-refractivity contribution in [1.82, 2.24) is 10.1 Å². The summed E-state index contributed by atoms with van der Waals surface area (Å²) < 4.78 is 5.28. The minimum atomic E-state index is 0.400. The summed E-state index contributed by atoms with van der Waals surface area (Å²) in [5.74, 6) is 3.26. The second kappa shape index (κ2) is 7.05. The van der Waals surface area contributed by atoms with Gasteiger partial charge in [0.1, 0.15) is 0 Å². The molecule has 23 heavy (non-hydrogen) atoms. The zero-order valence-corrected chi connectivity index (χ0v) is 14.7. The summed E-state index contributed by atoms with van der Waals surface area (Å²) in [4.78, 5) is 5.59. The Morgan fingerprint density at radius 1 is 1.26 bits per heavy atom. The fourth-order valence-electron chi connectivity index (χ4n) is 2.65. The summed E-state index contributed by atoms with van der Waals surface area (Å²) in [6, 6.07) is 9.86. The first-order chi connectivity index (χ1) is 11.1. The summed E-state index contributed by atoms with van der Waals surface area (Å²) in [7, 11) is 0. The van der Waals surface area contributed by atoms with Crippen LogP contribution >= 0.6 is 11.9 Å². The number of aromatic nitrogens is 2. The standard InChI is InChI=1S/C12H18N2O.C6H7NS/c1-12(2)7-9(12)11-13-10(15-14-11)6-5-8-3-4-8;7-8-6-4-2-1-3-5-6/h8-9H,3-7H2,1-2H3;1-5H,7H2. The zero-order valence-electron chi connectivity index (χ0n) is 13.9. The Morgan fingerprint density at radius 2 is 1.96 bits per heavy atom. The van der Waals surface area contributed by atoms with Crippen LogP contribution in [0.1, 0.15) is 57.2 Å². The maximum absolute atomic E-state index is 5.28. The van der Waals surface area contributed by atoms with Gasteiger partial charge in [-0.2, -0.15) is 4.98 Å². The van der Waals surface area contributed by atoms with E-state index in [2.05, 4.69) is 24.0 Å². The van der Waals surface area contributed by atoms with Crippen LogP contribution in [0.15, 0.2) is 39.8 Å². The van der Waals surface area contributed by atoms with E-state index in [4.69, 9.17) is 9.66 Å². The van der Waals surface area contributed by atoms with Gasteiger partial charge >= 0.3 is 0 Å². The topological polar surface area (TPSA) is 64.9 Å². The first-order valence-electron chi connectivity index (χ1n) is 8.33. The van der Waals surface area contributed by atoms with Crippen LogP contribution in [0.25, 0.3) is 0 Å². The molecule has 2 aromatic rings. The van der Waals surface area contributed by atoms with Gasteiger partial charge in [0.05, 0.1) is 0 Å². The first kappa shape index (κ1) is 16.5. The molecule has 2 aliphatic carbocycles. The Hall–Kier alpha value is -1.33. The predicted molar refractivity (Wildman–Crippen MR) is 93.0 cm³/mol. The molecule has 1 aromatic carbocycles. The van der Waals surface area contributed by atoms with E-state index in [0.717, 1.165) is 28.9 Å². The van der Waals surface area contributed by atoms with Crippen LogP contribution in [0.3, 0.4) is 0 Å². The molecule has 1 atom stereocenters. The number of rotatable bonds is 5. The van der Waals surface area contributed by atoms with Crippen molar-refractivity contribution in [1.29, 1.82) is 0 Å². The smallest absolute Gasteiger partial charge is 0.226 e. The van der Waals surface area contributed by atoms with Gasteiger partial charge in [0.25, 0.3) is 0 Å². The van der Waals surface area contributed by atoms with Gasteiger partial charge in [-0.05, 0) is 48.3 Å². The van der Waals surface area contributed by atoms with Gasteiger partial charge in [0, 0.05) is 17.2 Å². The largest absolute Gasteiger partial charge is 0.339 e. The molecule has 0 bridgehead atoms. The van der Waals surface area contributed by atoms with E-state index in [1.165, 1.54) is 37.6 Å². The lowest BCUT2D eigenvalue weighted by Gasteiger charge is -1.95. The number of hydrogen-bond donors (Lipinski definition) is 1. The molecule has 2 fully saturated rings. The van der Waals surface area contributed by atoms with Gasteiger partial charge in [0.15, 0.2) is 5.82 Å². The van der Waals surface area contributed by atoms with E-state index in [9.17, 15) is 0 Å². The second-order valence-corrected chi connectivity index (χ2v) is 7.91. The predicted octanol–water partition coefficient (Wildman–Crippen LogP) is 4.58. The third kappa shape index (κ3) is 4.82. The SMILES string of the molecule is CC1(C)CC1c1noc(CCC2CC2)n1.NSc1ccccc1. The molecule has 0 aliphatic heterocycles. The number of nitrogens with zero attached hydrogens (tertiary/aromatic N) is 2. The average molecular weight is 331 g/mol. The average Bonchev–Trinajstić information content (AvgIpc) is 3.45. The molecular weight excluding hydrogens is 306 g/mol. The number of hydrogen-bond acceptors (Lipinski definition) is 5. The van der Waals surface area contributed by atoms with Crippen molar-refractivity contribution < 1.29 is 4.52 Å². The van der Waals surface area contributed by atoms with Gasteiger partial charge in [0.2, 0.25) is 5.89 Å². The molecule has 4 rings (SSSR count). The van der Waals surface area contributed by atoms with Gasteiger partial charge < -0.3 is 4.52 Å². The molecule has 0 spiro atoms. The highest BCUT2D eigenvalue weighted by Gasteiger charge is 2.49. The molecular formula is C18H25N3OS. The first-order valence-corrected chi connectivity index (χ1v) is 9.21. The fourth-order valence-corrected chi connectivity index (χ4v) is 2.97. The van der Waals surface area contributed by atoms with Crippen LogP contribution in [0, 0.1) is 11.3 Å². The molecule has 2 saturated carbocycles. The summed E-state index contributed by atoms with van der Waals surface area (Å²) in [6.45, 7) is 4.52. The maximum Gasteiger partial charge on any atom is 0.226 e. The van der Waals surface area contributed by atoms with Gasteiger partial charge in [-0.25, -0.2) is 0 Å². The highest BCUT2D eigenvalue weighted by Crippen LogP contribution is 2.57. The second-order valence-electron chi connectivity index (χ2n) is 7.20. The highest BCUT2D eigenvalue weighted by atomic mass is 32.2. The van der Waals surface area contributed by atoms with E-state index in [0.29, 0.717) is 11.3 Å². The van der Waals surface area contributed by atoms with Crippen molar-refractivity contribution in [2.75, 3.05) is 0 Å². The Bertz CT molecular complexity index is 622. The summed E-state index contributed by atoms with van der Waals surface area (Å²) in [6.07, 6.45) is 6.21. The van der Waals surface area contributed by atoms with Gasteiger partial charge in [-0.3, -0.25) is 5.14 Å². The lowest BCUT2D eigenvalue weighted by molar-refractivity contribution is 0.366. The molecule has 0 saturated heterocycles. The minimum absolute atomic E-state index is 0.400. The Morgan fingerprint density at radius 3 is 2.48 bits per heavy atom. The molecule has 124 valence electrons. The van der Waals surface area contributed by atoms with Crippen LogP contribution in [0.2, 0.25) is 0 Å². The maximum atomic E-state index is 5.28. The van der Waals surface area contributed by atoms with Crippen LogP contribution in [0.4, 0.5) is 0 Å². The lowest BCUT2D eigenvalue weighted by atomic mass is 10.1. The molecule has 1 unspecified atom stereocenters.